The third-order valence-electron chi connectivity index (χ3n) is 6.65. The van der Waals surface area contributed by atoms with E-state index in [1.807, 2.05) is 51.1 Å². The molecule has 0 aliphatic carbocycles. The van der Waals surface area contributed by atoms with Crippen LogP contribution in [0.1, 0.15) is 78.9 Å². The molecular weight excluding hydrogens is 484 g/mol. The first kappa shape index (κ1) is 28.8. The van der Waals surface area contributed by atoms with Gasteiger partial charge in [0, 0.05) is 28.7 Å². The second-order valence-electron chi connectivity index (χ2n) is 10.1. The Morgan fingerprint density at radius 2 is 1.92 bits per heavy atom. The summed E-state index contributed by atoms with van der Waals surface area (Å²) >= 11 is 0. The van der Waals surface area contributed by atoms with E-state index in [1.165, 1.54) is 0 Å². The number of aryl methyl sites for hydroxylation is 1. The second kappa shape index (κ2) is 12.6. The molecule has 1 aliphatic rings. The lowest BCUT2D eigenvalue weighted by Gasteiger charge is -2.21. The minimum absolute atomic E-state index is 0.208. The predicted molar refractivity (Wildman–Crippen MR) is 146 cm³/mol. The lowest BCUT2D eigenvalue weighted by molar-refractivity contribution is -0.143. The molecular formula is C30H38N2O6. The first-order valence-electron chi connectivity index (χ1n) is 12.9. The number of methoxy groups -OCH3 is 1. The molecule has 1 atom stereocenters. The molecule has 3 rings (SSSR count). The number of nitrogens with one attached hydrogen (secondary N) is 1. The van der Waals surface area contributed by atoms with E-state index in [0.29, 0.717) is 59.8 Å². The fourth-order valence-corrected chi connectivity index (χ4v) is 4.68. The van der Waals surface area contributed by atoms with Crippen LogP contribution >= 0.6 is 0 Å². The Labute approximate surface area is 224 Å². The number of fused-ring (bicyclic) bond motifs is 1. The van der Waals surface area contributed by atoms with Gasteiger partial charge in [-0.15, -0.1) is 0 Å². The van der Waals surface area contributed by atoms with Crippen molar-refractivity contribution < 1.29 is 28.6 Å². The number of hydrogen-bond acceptors (Lipinski definition) is 6. The zero-order chi connectivity index (χ0) is 28.0. The van der Waals surface area contributed by atoms with E-state index in [4.69, 9.17) is 19.9 Å². The summed E-state index contributed by atoms with van der Waals surface area (Å²) in [6, 6.07) is 7.05. The molecule has 2 aromatic rings. The molecule has 0 aromatic heterocycles. The average molecular weight is 523 g/mol. The molecule has 8 heteroatoms. The second-order valence-corrected chi connectivity index (χ2v) is 10.1. The number of amides is 2. The van der Waals surface area contributed by atoms with Crippen LogP contribution in [0.2, 0.25) is 0 Å². The minimum atomic E-state index is -1.000. The number of carbonyl (C=O) groups excluding carboxylic acids is 3. The molecule has 2 aromatic carbocycles. The number of allylic oxidation sites excluding steroid dienone is 2. The molecule has 3 N–H and O–H groups in total. The highest BCUT2D eigenvalue weighted by Crippen LogP contribution is 2.46. The van der Waals surface area contributed by atoms with Crippen molar-refractivity contribution in [2.24, 2.45) is 11.7 Å². The molecule has 0 radical (unpaired) electrons. The van der Waals surface area contributed by atoms with Crippen molar-refractivity contribution in [3.8, 4) is 16.9 Å². The number of esters is 2. The van der Waals surface area contributed by atoms with E-state index in [1.54, 1.807) is 7.11 Å². The molecule has 1 heterocycles. The van der Waals surface area contributed by atoms with Crippen LogP contribution in [0.15, 0.2) is 35.9 Å². The van der Waals surface area contributed by atoms with Gasteiger partial charge in [-0.1, -0.05) is 55.3 Å². The van der Waals surface area contributed by atoms with Gasteiger partial charge in [0.05, 0.1) is 19.3 Å². The van der Waals surface area contributed by atoms with Gasteiger partial charge in [-0.3, -0.25) is 10.1 Å². The van der Waals surface area contributed by atoms with E-state index in [0.717, 1.165) is 28.7 Å². The van der Waals surface area contributed by atoms with Gasteiger partial charge in [0.1, 0.15) is 5.75 Å². The molecule has 204 valence electrons. The van der Waals surface area contributed by atoms with Gasteiger partial charge < -0.3 is 19.9 Å². The van der Waals surface area contributed by atoms with Crippen LogP contribution in [-0.4, -0.2) is 31.7 Å². The fraction of sp³-hybridized carbons (Fsp3) is 0.433. The molecule has 0 fully saturated rings. The van der Waals surface area contributed by atoms with Crippen LogP contribution in [0, 0.1) is 19.8 Å². The third-order valence-corrected chi connectivity index (χ3v) is 6.65. The highest BCUT2D eigenvalue weighted by molar-refractivity contribution is 6.04. The molecule has 0 saturated carbocycles. The van der Waals surface area contributed by atoms with Crippen LogP contribution in [0.4, 0.5) is 4.79 Å². The number of benzene rings is 2. The SMILES string of the molecule is COc1c(C)c2c(c(-c3cccc(C)c3)c1CC=C(C)CCC(=O)OCCC(C)C)C(=O)OC2NC(N)=O. The standard InChI is InChI=1S/C30H38N2O6/c1-17(2)14-15-37-23(33)13-11-18(3)10-12-22-25(21-9-7-8-19(4)16-21)26-24(20(5)27(22)36-6)28(32-30(31)35)38-29(26)34/h7-10,16-17,28H,11-15H2,1-6H3,(H3,31,32,35). The molecule has 38 heavy (non-hydrogen) atoms. The van der Waals surface area contributed by atoms with Gasteiger partial charge in [0.15, 0.2) is 0 Å². The van der Waals surface area contributed by atoms with Crippen LogP contribution in [0.3, 0.4) is 0 Å². The highest BCUT2D eigenvalue weighted by atomic mass is 16.6. The quantitative estimate of drug-likeness (QED) is 0.290. The van der Waals surface area contributed by atoms with E-state index in [9.17, 15) is 14.4 Å². The highest BCUT2D eigenvalue weighted by Gasteiger charge is 2.39. The lowest BCUT2D eigenvalue weighted by atomic mass is 9.85. The summed E-state index contributed by atoms with van der Waals surface area (Å²) in [6.07, 6.45) is 3.23. The first-order valence-corrected chi connectivity index (χ1v) is 12.9. The average Bonchev–Trinajstić information content (AvgIpc) is 3.16. The monoisotopic (exact) mass is 522 g/mol. The molecule has 8 nitrogen and oxygen atoms in total. The fourth-order valence-electron chi connectivity index (χ4n) is 4.68. The lowest BCUT2D eigenvalue weighted by Crippen LogP contribution is -2.33. The summed E-state index contributed by atoms with van der Waals surface area (Å²) in [4.78, 5) is 36.9. The maximum absolute atomic E-state index is 13.2. The zero-order valence-corrected chi connectivity index (χ0v) is 23.1. The van der Waals surface area contributed by atoms with Crippen molar-refractivity contribution in [1.29, 1.82) is 0 Å². The van der Waals surface area contributed by atoms with Crippen molar-refractivity contribution in [3.05, 3.63) is 63.7 Å². The van der Waals surface area contributed by atoms with E-state index in [-0.39, 0.29) is 5.97 Å². The summed E-state index contributed by atoms with van der Waals surface area (Å²) in [5.41, 5.74) is 11.4. The van der Waals surface area contributed by atoms with E-state index in [2.05, 4.69) is 19.2 Å². The summed E-state index contributed by atoms with van der Waals surface area (Å²) < 4.78 is 16.7. The van der Waals surface area contributed by atoms with Gasteiger partial charge in [0.2, 0.25) is 6.23 Å². The smallest absolute Gasteiger partial charge is 0.341 e. The maximum Gasteiger partial charge on any atom is 0.341 e. The normalized spacial score (nSPS) is 14.8. The number of urea groups is 1. The van der Waals surface area contributed by atoms with E-state index < -0.39 is 18.2 Å². The summed E-state index contributed by atoms with van der Waals surface area (Å²) in [5.74, 6) is 0.344. The number of ether oxygens (including phenoxy) is 3. The Morgan fingerprint density at radius 3 is 2.55 bits per heavy atom. The minimum Gasteiger partial charge on any atom is -0.496 e. The van der Waals surface area contributed by atoms with Crippen LogP contribution < -0.4 is 15.8 Å². The predicted octanol–water partition coefficient (Wildman–Crippen LogP) is 5.67. The molecule has 2 amide bonds. The maximum atomic E-state index is 13.2. The molecule has 0 spiro atoms. The van der Waals surface area contributed by atoms with Crippen molar-refractivity contribution in [2.75, 3.05) is 13.7 Å². The van der Waals surface area contributed by atoms with Crippen molar-refractivity contribution in [1.82, 2.24) is 5.32 Å². The summed E-state index contributed by atoms with van der Waals surface area (Å²) in [5, 5.41) is 2.51. The van der Waals surface area contributed by atoms with Crippen molar-refractivity contribution in [2.45, 2.75) is 66.5 Å². The van der Waals surface area contributed by atoms with Gasteiger partial charge in [-0.2, -0.15) is 0 Å². The Hall–Kier alpha value is -3.81. The van der Waals surface area contributed by atoms with Crippen LogP contribution in [-0.2, 0) is 20.7 Å². The number of nitrogens with two attached hydrogens (primary N) is 1. The van der Waals surface area contributed by atoms with Gasteiger partial charge in [-0.05, 0) is 51.5 Å². The topological polar surface area (TPSA) is 117 Å². The van der Waals surface area contributed by atoms with Crippen LogP contribution in [0.5, 0.6) is 5.75 Å². The number of cyclic esters (lactones) is 1. The molecule has 0 bridgehead atoms. The van der Waals surface area contributed by atoms with Crippen molar-refractivity contribution in [3.63, 3.8) is 0 Å². The molecule has 1 aliphatic heterocycles. The summed E-state index contributed by atoms with van der Waals surface area (Å²) in [6.45, 7) is 10.4. The number of hydrogen-bond donors (Lipinski definition) is 2. The first-order chi connectivity index (χ1) is 18.0. The van der Waals surface area contributed by atoms with Gasteiger partial charge >= 0.3 is 18.0 Å². The van der Waals surface area contributed by atoms with Gasteiger partial charge in [0.25, 0.3) is 0 Å². The van der Waals surface area contributed by atoms with Gasteiger partial charge in [-0.25, -0.2) is 9.59 Å². The third kappa shape index (κ3) is 6.73. The number of carbonyl (C=O) groups is 3. The Balaban J connectivity index is 2.01. The number of primary amides is 1. The van der Waals surface area contributed by atoms with E-state index >= 15 is 0 Å². The number of rotatable bonds is 11. The largest absolute Gasteiger partial charge is 0.496 e. The Bertz CT molecular complexity index is 1250. The Kier molecular flexibility index (Phi) is 9.55. The molecule has 0 saturated heterocycles. The Morgan fingerprint density at radius 1 is 1.18 bits per heavy atom. The summed E-state index contributed by atoms with van der Waals surface area (Å²) in [7, 11) is 1.58. The zero-order valence-electron chi connectivity index (χ0n) is 23.1. The van der Waals surface area contributed by atoms with Crippen molar-refractivity contribution >= 4 is 18.0 Å². The van der Waals surface area contributed by atoms with Crippen LogP contribution in [0.25, 0.3) is 11.1 Å². The molecule has 1 unspecified atom stereocenters.